The maximum Gasteiger partial charge on any atom is 0.193 e. The van der Waals surface area contributed by atoms with Crippen molar-refractivity contribution in [1.29, 1.82) is 0 Å². The number of thiazole rings is 1. The Morgan fingerprint density at radius 3 is 2.61 bits per heavy atom. The molecule has 1 aromatic carbocycles. The fourth-order valence-corrected chi connectivity index (χ4v) is 4.20. The second-order valence-electron chi connectivity index (χ2n) is 7.25. The average Bonchev–Trinajstić information content (AvgIpc) is 3.45. The number of aromatic nitrogens is 1. The topological polar surface area (TPSA) is 62.2 Å². The van der Waals surface area contributed by atoms with Crippen LogP contribution in [0.3, 0.4) is 0 Å². The van der Waals surface area contributed by atoms with Gasteiger partial charge in [0.1, 0.15) is 18.1 Å². The normalized spacial score (nSPS) is 13.6. The molecule has 1 aliphatic rings. The summed E-state index contributed by atoms with van der Waals surface area (Å²) in [5.74, 6) is 2.56. The van der Waals surface area contributed by atoms with Crippen LogP contribution in [0.2, 0.25) is 0 Å². The van der Waals surface area contributed by atoms with Gasteiger partial charge in [0.2, 0.25) is 0 Å². The molecule has 0 aliphatic carbocycles. The first-order valence-corrected chi connectivity index (χ1v) is 11.5. The first-order valence-electron chi connectivity index (χ1n) is 10.6. The monoisotopic (exact) mass is 559 g/mol. The van der Waals surface area contributed by atoms with Gasteiger partial charge in [0.15, 0.2) is 11.1 Å². The van der Waals surface area contributed by atoms with Gasteiger partial charge in [-0.1, -0.05) is 0 Å². The van der Waals surface area contributed by atoms with Gasteiger partial charge in [-0.2, -0.15) is 0 Å². The third-order valence-electron chi connectivity index (χ3n) is 5.00. The van der Waals surface area contributed by atoms with Gasteiger partial charge in [-0.15, -0.1) is 35.3 Å². The summed E-state index contributed by atoms with van der Waals surface area (Å²) < 4.78 is 11.0. The number of nitrogens with one attached hydrogen (secondary N) is 1. The number of methoxy groups -OCH3 is 1. The van der Waals surface area contributed by atoms with Gasteiger partial charge in [0.05, 0.1) is 19.3 Å². The summed E-state index contributed by atoms with van der Waals surface area (Å²) in [6.45, 7) is 7.23. The van der Waals surface area contributed by atoms with Crippen LogP contribution < -0.4 is 19.7 Å². The van der Waals surface area contributed by atoms with Gasteiger partial charge in [-0.05, 0) is 44.0 Å². The quantitative estimate of drug-likeness (QED) is 0.271. The lowest BCUT2D eigenvalue weighted by atomic mass is 10.3. The smallest absolute Gasteiger partial charge is 0.193 e. The Balaban J connectivity index is 0.00000341. The Morgan fingerprint density at radius 2 is 1.94 bits per heavy atom. The average molecular weight is 560 g/mol. The van der Waals surface area contributed by atoms with E-state index in [1.807, 2.05) is 31.3 Å². The van der Waals surface area contributed by atoms with Gasteiger partial charge < -0.3 is 24.6 Å². The molecule has 1 aliphatic heterocycles. The van der Waals surface area contributed by atoms with E-state index in [0.29, 0.717) is 6.61 Å². The molecule has 2 heterocycles. The fraction of sp³-hybridized carbons (Fsp3) is 0.545. The predicted octanol–water partition coefficient (Wildman–Crippen LogP) is 3.89. The van der Waals surface area contributed by atoms with Gasteiger partial charge in [0, 0.05) is 45.0 Å². The maximum atomic E-state index is 5.84. The Hall–Kier alpha value is -1.75. The first kappa shape index (κ1) is 25.5. The van der Waals surface area contributed by atoms with Gasteiger partial charge in [-0.3, -0.25) is 4.99 Å². The van der Waals surface area contributed by atoms with Crippen LogP contribution >= 0.6 is 35.3 Å². The number of likely N-dealkylation sites (N-methyl/N-ethyl adjacent to an activating group) is 1. The van der Waals surface area contributed by atoms with Crippen molar-refractivity contribution >= 4 is 46.4 Å². The Labute approximate surface area is 206 Å². The Kier molecular flexibility index (Phi) is 11.2. The molecule has 7 nitrogen and oxygen atoms in total. The Bertz CT molecular complexity index is 793. The molecule has 1 fully saturated rings. The van der Waals surface area contributed by atoms with Crippen molar-refractivity contribution < 1.29 is 9.47 Å². The number of ether oxygens (including phenoxy) is 2. The van der Waals surface area contributed by atoms with Crippen molar-refractivity contribution in [2.75, 3.05) is 58.4 Å². The zero-order chi connectivity index (χ0) is 21.2. The van der Waals surface area contributed by atoms with Crippen LogP contribution in [-0.4, -0.2) is 69.3 Å². The van der Waals surface area contributed by atoms with E-state index in [1.165, 1.54) is 12.8 Å². The number of anilines is 1. The molecule has 1 N–H and O–H groups in total. The molecule has 0 spiro atoms. The molecule has 1 aromatic heterocycles. The lowest BCUT2D eigenvalue weighted by Crippen LogP contribution is -2.41. The second-order valence-corrected chi connectivity index (χ2v) is 8.08. The number of halogens is 1. The van der Waals surface area contributed by atoms with Crippen LogP contribution in [0.4, 0.5) is 5.13 Å². The molecule has 31 heavy (non-hydrogen) atoms. The summed E-state index contributed by atoms with van der Waals surface area (Å²) in [6.07, 6.45) is 3.41. The zero-order valence-corrected chi connectivity index (χ0v) is 21.8. The molecule has 3 rings (SSSR count). The SMILES string of the molecule is CCNC(=NCCc1csc(N2CCCC2)n1)N(C)CCOc1ccc(OC)cc1.I. The third-order valence-corrected chi connectivity index (χ3v) is 5.95. The van der Waals surface area contributed by atoms with E-state index < -0.39 is 0 Å². The number of rotatable bonds is 10. The summed E-state index contributed by atoms with van der Waals surface area (Å²) in [4.78, 5) is 14.0. The fourth-order valence-electron chi connectivity index (χ4n) is 3.29. The molecular formula is C22H34IN5O2S. The molecule has 0 radical (unpaired) electrons. The van der Waals surface area contributed by atoms with Crippen molar-refractivity contribution in [2.24, 2.45) is 4.99 Å². The number of aliphatic imine (C=N–C) groups is 1. The van der Waals surface area contributed by atoms with E-state index in [0.717, 1.165) is 67.4 Å². The number of hydrogen-bond donors (Lipinski definition) is 1. The number of nitrogens with zero attached hydrogens (tertiary/aromatic N) is 4. The summed E-state index contributed by atoms with van der Waals surface area (Å²) in [6, 6.07) is 7.64. The van der Waals surface area contributed by atoms with Crippen LogP contribution in [-0.2, 0) is 6.42 Å². The first-order chi connectivity index (χ1) is 14.7. The summed E-state index contributed by atoms with van der Waals surface area (Å²) in [5.41, 5.74) is 1.13. The molecule has 0 amide bonds. The van der Waals surface area contributed by atoms with Crippen LogP contribution in [0.5, 0.6) is 11.5 Å². The number of benzene rings is 1. The molecular weight excluding hydrogens is 525 g/mol. The second kappa shape index (κ2) is 13.6. The van der Waals surface area contributed by atoms with Gasteiger partial charge in [0.25, 0.3) is 0 Å². The molecule has 0 saturated carbocycles. The van der Waals surface area contributed by atoms with Gasteiger partial charge >= 0.3 is 0 Å². The highest BCUT2D eigenvalue weighted by atomic mass is 127. The van der Waals surface area contributed by atoms with E-state index in [4.69, 9.17) is 19.5 Å². The lowest BCUT2D eigenvalue weighted by molar-refractivity contribution is 0.281. The number of guanidine groups is 1. The van der Waals surface area contributed by atoms with E-state index in [2.05, 4.69) is 27.4 Å². The largest absolute Gasteiger partial charge is 0.497 e. The predicted molar refractivity (Wildman–Crippen MR) is 140 cm³/mol. The van der Waals surface area contributed by atoms with Crippen molar-refractivity contribution in [3.8, 4) is 11.5 Å². The summed E-state index contributed by atoms with van der Waals surface area (Å²) in [5, 5.41) is 6.69. The Morgan fingerprint density at radius 1 is 1.23 bits per heavy atom. The number of hydrogen-bond acceptors (Lipinski definition) is 6. The molecule has 0 unspecified atom stereocenters. The van der Waals surface area contributed by atoms with E-state index in [-0.39, 0.29) is 24.0 Å². The molecule has 172 valence electrons. The van der Waals surface area contributed by atoms with Crippen LogP contribution in [0.1, 0.15) is 25.5 Å². The summed E-state index contributed by atoms with van der Waals surface area (Å²) >= 11 is 1.75. The van der Waals surface area contributed by atoms with Crippen molar-refractivity contribution in [3.63, 3.8) is 0 Å². The third kappa shape index (κ3) is 8.03. The summed E-state index contributed by atoms with van der Waals surface area (Å²) in [7, 11) is 3.69. The molecule has 0 bridgehead atoms. The minimum absolute atomic E-state index is 0. The standard InChI is InChI=1S/C22H33N5O2S.HI/c1-4-23-21(26(2)15-16-29-20-9-7-19(28-3)8-10-20)24-12-11-18-17-30-22(25-18)27-13-5-6-14-27;/h7-10,17H,4-6,11-16H2,1-3H3,(H,23,24);1H. The minimum atomic E-state index is 0. The highest BCUT2D eigenvalue weighted by Gasteiger charge is 2.15. The van der Waals surface area contributed by atoms with Crippen molar-refractivity contribution in [2.45, 2.75) is 26.2 Å². The van der Waals surface area contributed by atoms with E-state index in [1.54, 1.807) is 18.4 Å². The van der Waals surface area contributed by atoms with Crippen LogP contribution in [0, 0.1) is 0 Å². The van der Waals surface area contributed by atoms with Crippen LogP contribution in [0.15, 0.2) is 34.6 Å². The molecule has 9 heteroatoms. The highest BCUT2D eigenvalue weighted by Crippen LogP contribution is 2.24. The minimum Gasteiger partial charge on any atom is -0.497 e. The van der Waals surface area contributed by atoms with E-state index in [9.17, 15) is 0 Å². The molecule has 0 atom stereocenters. The zero-order valence-electron chi connectivity index (χ0n) is 18.7. The van der Waals surface area contributed by atoms with Gasteiger partial charge in [-0.25, -0.2) is 4.98 Å². The van der Waals surface area contributed by atoms with Crippen molar-refractivity contribution in [3.05, 3.63) is 35.3 Å². The maximum absolute atomic E-state index is 5.84. The van der Waals surface area contributed by atoms with E-state index >= 15 is 0 Å². The molecule has 2 aromatic rings. The lowest BCUT2D eigenvalue weighted by Gasteiger charge is -2.22. The van der Waals surface area contributed by atoms with Crippen LogP contribution in [0.25, 0.3) is 0 Å². The highest BCUT2D eigenvalue weighted by molar-refractivity contribution is 14.0. The molecule has 1 saturated heterocycles. The van der Waals surface area contributed by atoms with Crippen molar-refractivity contribution in [1.82, 2.24) is 15.2 Å².